The van der Waals surface area contributed by atoms with E-state index in [1.165, 1.54) is 0 Å². The van der Waals surface area contributed by atoms with Crippen LogP contribution in [0.15, 0.2) is 6.07 Å². The molecular formula is C7H8ClN3O. The number of rotatable bonds is 2. The molecule has 1 saturated carbocycles. The molecule has 1 fully saturated rings. The minimum Gasteiger partial charge on any atom is -0.486 e. The second kappa shape index (κ2) is 2.79. The van der Waals surface area contributed by atoms with Crippen LogP contribution in [0, 0.1) is 0 Å². The van der Waals surface area contributed by atoms with E-state index >= 15 is 0 Å². The largest absolute Gasteiger partial charge is 0.486 e. The topological polar surface area (TPSA) is 61.0 Å². The molecule has 12 heavy (non-hydrogen) atoms. The highest BCUT2D eigenvalue weighted by Crippen LogP contribution is 2.30. The highest BCUT2D eigenvalue weighted by molar-refractivity contribution is 6.29. The molecule has 1 heterocycles. The van der Waals surface area contributed by atoms with Crippen molar-refractivity contribution >= 4 is 17.4 Å². The van der Waals surface area contributed by atoms with Crippen LogP contribution >= 0.6 is 11.6 Å². The molecule has 0 aliphatic heterocycles. The standard InChI is InChI=1S/C7H8ClN3O/c8-6-3-5(7(9)11-10-6)12-4-1-2-4/h3-4H,1-2H2,(H2,9,11). The summed E-state index contributed by atoms with van der Waals surface area (Å²) in [6.07, 6.45) is 2.46. The molecule has 0 atom stereocenters. The third-order valence-corrected chi connectivity index (χ3v) is 1.76. The van der Waals surface area contributed by atoms with Crippen molar-refractivity contribution in [2.24, 2.45) is 0 Å². The van der Waals surface area contributed by atoms with Crippen molar-refractivity contribution in [3.63, 3.8) is 0 Å². The molecule has 2 N–H and O–H groups in total. The third-order valence-electron chi connectivity index (χ3n) is 1.57. The van der Waals surface area contributed by atoms with Crippen molar-refractivity contribution in [3.05, 3.63) is 11.2 Å². The van der Waals surface area contributed by atoms with E-state index in [-0.39, 0.29) is 0 Å². The van der Waals surface area contributed by atoms with Gasteiger partial charge in [-0.3, -0.25) is 0 Å². The molecule has 64 valence electrons. The van der Waals surface area contributed by atoms with Gasteiger partial charge in [0.25, 0.3) is 0 Å². The number of nitrogen functional groups attached to an aromatic ring is 1. The highest BCUT2D eigenvalue weighted by Gasteiger charge is 2.24. The van der Waals surface area contributed by atoms with Gasteiger partial charge < -0.3 is 10.5 Å². The zero-order valence-corrected chi connectivity index (χ0v) is 7.08. The van der Waals surface area contributed by atoms with Gasteiger partial charge in [0.05, 0.1) is 6.10 Å². The maximum atomic E-state index is 5.61. The molecule has 0 bridgehead atoms. The number of hydrogen-bond acceptors (Lipinski definition) is 4. The van der Waals surface area contributed by atoms with E-state index in [2.05, 4.69) is 10.2 Å². The van der Waals surface area contributed by atoms with Crippen LogP contribution in [0.1, 0.15) is 12.8 Å². The third kappa shape index (κ3) is 1.58. The van der Waals surface area contributed by atoms with E-state index in [0.717, 1.165) is 12.8 Å². The van der Waals surface area contributed by atoms with Gasteiger partial charge in [-0.05, 0) is 12.8 Å². The van der Waals surface area contributed by atoms with Crippen LogP contribution in [0.4, 0.5) is 5.82 Å². The Kier molecular flexibility index (Phi) is 1.77. The van der Waals surface area contributed by atoms with Gasteiger partial charge in [0, 0.05) is 6.07 Å². The molecule has 2 rings (SSSR count). The first-order valence-electron chi connectivity index (χ1n) is 3.71. The molecule has 1 aromatic rings. The maximum Gasteiger partial charge on any atom is 0.188 e. The normalized spacial score (nSPS) is 16.1. The summed E-state index contributed by atoms with van der Waals surface area (Å²) in [6.45, 7) is 0. The van der Waals surface area contributed by atoms with Crippen molar-refractivity contribution in [2.75, 3.05) is 5.73 Å². The fourth-order valence-corrected chi connectivity index (χ4v) is 0.959. The first-order chi connectivity index (χ1) is 5.75. The Morgan fingerprint density at radius 1 is 1.50 bits per heavy atom. The zero-order chi connectivity index (χ0) is 8.55. The van der Waals surface area contributed by atoms with Crippen molar-refractivity contribution in [2.45, 2.75) is 18.9 Å². The number of aromatic nitrogens is 2. The van der Waals surface area contributed by atoms with Crippen LogP contribution in [0.2, 0.25) is 5.15 Å². The Morgan fingerprint density at radius 2 is 2.25 bits per heavy atom. The maximum absolute atomic E-state index is 5.61. The number of nitrogens with zero attached hydrogens (tertiary/aromatic N) is 2. The number of hydrogen-bond donors (Lipinski definition) is 1. The van der Waals surface area contributed by atoms with Crippen LogP contribution in [0.25, 0.3) is 0 Å². The van der Waals surface area contributed by atoms with Gasteiger partial charge in [0.2, 0.25) is 0 Å². The van der Waals surface area contributed by atoms with Gasteiger partial charge in [0.15, 0.2) is 16.7 Å². The lowest BCUT2D eigenvalue weighted by Crippen LogP contribution is -2.02. The summed E-state index contributed by atoms with van der Waals surface area (Å²) in [5.74, 6) is 0.837. The van der Waals surface area contributed by atoms with E-state index in [1.54, 1.807) is 6.07 Å². The average Bonchev–Trinajstić information content (AvgIpc) is 2.81. The Morgan fingerprint density at radius 3 is 2.92 bits per heavy atom. The lowest BCUT2D eigenvalue weighted by Gasteiger charge is -2.05. The van der Waals surface area contributed by atoms with Crippen molar-refractivity contribution < 1.29 is 4.74 Å². The van der Waals surface area contributed by atoms with Crippen LogP contribution in [-0.4, -0.2) is 16.3 Å². The summed E-state index contributed by atoms with van der Waals surface area (Å²) in [4.78, 5) is 0. The van der Waals surface area contributed by atoms with Crippen LogP contribution < -0.4 is 10.5 Å². The number of nitrogens with two attached hydrogens (primary N) is 1. The summed E-state index contributed by atoms with van der Waals surface area (Å²) >= 11 is 5.61. The Labute approximate surface area is 74.7 Å². The molecule has 1 aliphatic rings. The fourth-order valence-electron chi connectivity index (χ4n) is 0.822. The van der Waals surface area contributed by atoms with E-state index in [4.69, 9.17) is 22.1 Å². The second-order valence-electron chi connectivity index (χ2n) is 2.73. The molecule has 0 radical (unpaired) electrons. The van der Waals surface area contributed by atoms with Gasteiger partial charge in [-0.15, -0.1) is 10.2 Å². The number of ether oxygens (including phenoxy) is 1. The quantitative estimate of drug-likeness (QED) is 0.754. The predicted molar refractivity (Wildman–Crippen MR) is 45.1 cm³/mol. The molecule has 0 amide bonds. The van der Waals surface area contributed by atoms with Crippen molar-refractivity contribution in [1.82, 2.24) is 10.2 Å². The van der Waals surface area contributed by atoms with Crippen LogP contribution in [0.5, 0.6) is 5.75 Å². The molecule has 0 aromatic carbocycles. The minimum absolute atomic E-state index is 0.298. The summed E-state index contributed by atoms with van der Waals surface area (Å²) in [5, 5.41) is 7.51. The molecule has 0 spiro atoms. The first-order valence-corrected chi connectivity index (χ1v) is 4.09. The smallest absolute Gasteiger partial charge is 0.188 e. The second-order valence-corrected chi connectivity index (χ2v) is 3.12. The van der Waals surface area contributed by atoms with Gasteiger partial charge in [0.1, 0.15) is 0 Å². The van der Waals surface area contributed by atoms with Gasteiger partial charge in [-0.1, -0.05) is 11.6 Å². The van der Waals surface area contributed by atoms with Crippen molar-refractivity contribution in [1.29, 1.82) is 0 Å². The SMILES string of the molecule is Nc1nnc(Cl)cc1OC1CC1. The first kappa shape index (κ1) is 7.61. The highest BCUT2D eigenvalue weighted by atomic mass is 35.5. The summed E-state index contributed by atoms with van der Waals surface area (Å²) in [6, 6.07) is 1.59. The van der Waals surface area contributed by atoms with E-state index in [0.29, 0.717) is 22.8 Å². The van der Waals surface area contributed by atoms with Gasteiger partial charge in [-0.25, -0.2) is 0 Å². The molecule has 4 nitrogen and oxygen atoms in total. The van der Waals surface area contributed by atoms with Gasteiger partial charge >= 0.3 is 0 Å². The molecular weight excluding hydrogens is 178 g/mol. The zero-order valence-electron chi connectivity index (χ0n) is 6.33. The molecule has 1 aliphatic carbocycles. The lowest BCUT2D eigenvalue weighted by atomic mass is 10.5. The molecule has 0 unspecified atom stereocenters. The Hall–Kier alpha value is -1.03. The van der Waals surface area contributed by atoms with E-state index < -0.39 is 0 Å². The van der Waals surface area contributed by atoms with E-state index in [1.807, 2.05) is 0 Å². The van der Waals surface area contributed by atoms with E-state index in [9.17, 15) is 0 Å². The lowest BCUT2D eigenvalue weighted by molar-refractivity contribution is 0.303. The monoisotopic (exact) mass is 185 g/mol. The fraction of sp³-hybridized carbons (Fsp3) is 0.429. The predicted octanol–water partition coefficient (Wildman–Crippen LogP) is 1.25. The minimum atomic E-state index is 0.298. The van der Waals surface area contributed by atoms with Crippen LogP contribution in [0.3, 0.4) is 0 Å². The van der Waals surface area contributed by atoms with Crippen molar-refractivity contribution in [3.8, 4) is 5.75 Å². The van der Waals surface area contributed by atoms with Crippen LogP contribution in [-0.2, 0) is 0 Å². The number of anilines is 1. The van der Waals surface area contributed by atoms with Gasteiger partial charge in [-0.2, -0.15) is 0 Å². The molecule has 5 heteroatoms. The average molecular weight is 186 g/mol. The Bertz CT molecular complexity index is 301. The summed E-state index contributed by atoms with van der Waals surface area (Å²) in [5.41, 5.74) is 5.51. The number of halogens is 1. The summed E-state index contributed by atoms with van der Waals surface area (Å²) < 4.78 is 5.42. The molecule has 1 aromatic heterocycles. The Balaban J connectivity index is 2.21. The molecule has 0 saturated heterocycles. The summed E-state index contributed by atoms with van der Waals surface area (Å²) in [7, 11) is 0.